The highest BCUT2D eigenvalue weighted by Crippen LogP contribution is 2.23. The molecule has 0 bridgehead atoms. The van der Waals surface area contributed by atoms with Gasteiger partial charge in [0.1, 0.15) is 0 Å². The number of rotatable bonds is 8. The summed E-state index contributed by atoms with van der Waals surface area (Å²) in [6.45, 7) is 12.7. The van der Waals surface area contributed by atoms with Gasteiger partial charge < -0.3 is 10.1 Å². The Hall–Kier alpha value is -0.650. The summed E-state index contributed by atoms with van der Waals surface area (Å²) in [5, 5.41) is 3.29. The third-order valence-corrected chi connectivity index (χ3v) is 5.71. The van der Waals surface area contributed by atoms with Gasteiger partial charge in [-0.3, -0.25) is 14.6 Å². The molecule has 0 aromatic carbocycles. The minimum Gasteiger partial charge on any atom is -0.380 e. The van der Waals surface area contributed by atoms with Crippen molar-refractivity contribution in [3.63, 3.8) is 0 Å². The molecule has 0 aromatic rings. The molecule has 24 heavy (non-hydrogen) atoms. The summed E-state index contributed by atoms with van der Waals surface area (Å²) in [5.41, 5.74) is 0. The maximum atomic E-state index is 12.4. The number of hydrogen-bond acceptors (Lipinski definition) is 4. The summed E-state index contributed by atoms with van der Waals surface area (Å²) in [6, 6.07) is 0.932. The molecule has 1 amide bonds. The lowest BCUT2D eigenvalue weighted by Crippen LogP contribution is -2.56. The normalized spacial score (nSPS) is 29.5. The second kappa shape index (κ2) is 10.4. The van der Waals surface area contributed by atoms with E-state index in [0.717, 1.165) is 52.2 Å². The SMILES string of the molecule is CCOCCN1CCN(CC(=O)N[C@@H]2CCCC[C@@H]2C)C[C@H]1CC. The number of carbonyl (C=O) groups is 1. The van der Waals surface area contributed by atoms with Crippen LogP contribution in [0.4, 0.5) is 0 Å². The maximum absolute atomic E-state index is 12.4. The van der Waals surface area contributed by atoms with E-state index in [9.17, 15) is 4.79 Å². The van der Waals surface area contributed by atoms with Crippen LogP contribution in [0.1, 0.15) is 52.9 Å². The molecule has 2 aliphatic rings. The number of hydrogen-bond donors (Lipinski definition) is 1. The van der Waals surface area contributed by atoms with Crippen LogP contribution in [0.3, 0.4) is 0 Å². The zero-order valence-corrected chi connectivity index (χ0v) is 15.9. The van der Waals surface area contributed by atoms with Gasteiger partial charge in [-0.2, -0.15) is 0 Å². The van der Waals surface area contributed by atoms with Crippen LogP contribution < -0.4 is 5.32 Å². The quantitative estimate of drug-likeness (QED) is 0.688. The van der Waals surface area contributed by atoms with Gasteiger partial charge in [-0.1, -0.05) is 26.7 Å². The highest BCUT2D eigenvalue weighted by molar-refractivity contribution is 5.78. The molecule has 5 heteroatoms. The molecule has 1 heterocycles. The van der Waals surface area contributed by atoms with Gasteiger partial charge in [-0.15, -0.1) is 0 Å². The van der Waals surface area contributed by atoms with Gasteiger partial charge >= 0.3 is 0 Å². The Kier molecular flexibility index (Phi) is 8.50. The molecule has 0 unspecified atom stereocenters. The zero-order chi connectivity index (χ0) is 17.4. The van der Waals surface area contributed by atoms with Crippen LogP contribution in [0, 0.1) is 5.92 Å². The van der Waals surface area contributed by atoms with E-state index in [1.54, 1.807) is 0 Å². The van der Waals surface area contributed by atoms with Gasteiger partial charge in [0.05, 0.1) is 13.2 Å². The van der Waals surface area contributed by atoms with E-state index in [1.165, 1.54) is 19.3 Å². The molecule has 0 spiro atoms. The van der Waals surface area contributed by atoms with Gasteiger partial charge in [-0.25, -0.2) is 0 Å². The van der Waals surface area contributed by atoms with Crippen molar-refractivity contribution in [2.24, 2.45) is 5.92 Å². The summed E-state index contributed by atoms with van der Waals surface area (Å²) in [5.74, 6) is 0.841. The molecule has 1 saturated heterocycles. The largest absolute Gasteiger partial charge is 0.380 e. The molecule has 2 rings (SSSR count). The number of nitrogens with one attached hydrogen (secondary N) is 1. The zero-order valence-electron chi connectivity index (χ0n) is 15.9. The minimum atomic E-state index is 0.214. The summed E-state index contributed by atoms with van der Waals surface area (Å²) in [6.07, 6.45) is 6.10. The van der Waals surface area contributed by atoms with Crippen molar-refractivity contribution in [2.75, 3.05) is 45.9 Å². The number of carbonyl (C=O) groups excluding carboxylic acids is 1. The van der Waals surface area contributed by atoms with E-state index in [-0.39, 0.29) is 5.91 Å². The lowest BCUT2D eigenvalue weighted by atomic mass is 9.86. The summed E-state index contributed by atoms with van der Waals surface area (Å²) >= 11 is 0. The third kappa shape index (κ3) is 6.01. The first-order valence-corrected chi connectivity index (χ1v) is 9.97. The smallest absolute Gasteiger partial charge is 0.234 e. The molecule has 5 nitrogen and oxygen atoms in total. The van der Waals surface area contributed by atoms with Crippen LogP contribution in [0.5, 0.6) is 0 Å². The second-order valence-corrected chi connectivity index (χ2v) is 7.47. The van der Waals surface area contributed by atoms with Gasteiger partial charge in [0, 0.05) is 44.9 Å². The highest BCUT2D eigenvalue weighted by atomic mass is 16.5. The van der Waals surface area contributed by atoms with Crippen molar-refractivity contribution in [1.82, 2.24) is 15.1 Å². The van der Waals surface area contributed by atoms with Crippen molar-refractivity contribution < 1.29 is 9.53 Å². The summed E-state index contributed by atoms with van der Waals surface area (Å²) in [7, 11) is 0. The second-order valence-electron chi connectivity index (χ2n) is 7.47. The number of amides is 1. The lowest BCUT2D eigenvalue weighted by Gasteiger charge is -2.41. The Bertz CT molecular complexity index is 378. The molecule has 0 aromatic heterocycles. The first-order chi connectivity index (χ1) is 11.6. The number of nitrogens with zero attached hydrogens (tertiary/aromatic N) is 2. The molecule has 1 aliphatic heterocycles. The Morgan fingerprint density at radius 3 is 2.71 bits per heavy atom. The fraction of sp³-hybridized carbons (Fsp3) is 0.947. The van der Waals surface area contributed by atoms with Crippen LogP contribution in [-0.2, 0) is 9.53 Å². The lowest BCUT2D eigenvalue weighted by molar-refractivity contribution is -0.124. The third-order valence-electron chi connectivity index (χ3n) is 5.71. The number of piperazine rings is 1. The van der Waals surface area contributed by atoms with Gasteiger partial charge in [0.25, 0.3) is 0 Å². The van der Waals surface area contributed by atoms with Crippen molar-refractivity contribution in [3.05, 3.63) is 0 Å². The van der Waals surface area contributed by atoms with E-state index in [1.807, 2.05) is 6.92 Å². The van der Waals surface area contributed by atoms with Gasteiger partial charge in [0.2, 0.25) is 5.91 Å². The van der Waals surface area contributed by atoms with Gasteiger partial charge in [-0.05, 0) is 32.1 Å². The Labute approximate surface area is 148 Å². The molecule has 2 fully saturated rings. The molecule has 140 valence electrons. The molecule has 1 saturated carbocycles. The number of ether oxygens (including phenoxy) is 1. The predicted octanol–water partition coefficient (Wildman–Crippen LogP) is 2.11. The van der Waals surface area contributed by atoms with E-state index < -0.39 is 0 Å². The monoisotopic (exact) mass is 339 g/mol. The van der Waals surface area contributed by atoms with Crippen LogP contribution in [0.15, 0.2) is 0 Å². The molecule has 0 radical (unpaired) electrons. The average molecular weight is 340 g/mol. The van der Waals surface area contributed by atoms with Crippen LogP contribution >= 0.6 is 0 Å². The van der Waals surface area contributed by atoms with Crippen LogP contribution in [0.2, 0.25) is 0 Å². The van der Waals surface area contributed by atoms with Crippen LogP contribution in [-0.4, -0.2) is 73.7 Å². The van der Waals surface area contributed by atoms with E-state index >= 15 is 0 Å². The first-order valence-electron chi connectivity index (χ1n) is 9.97. The maximum Gasteiger partial charge on any atom is 0.234 e. The summed E-state index contributed by atoms with van der Waals surface area (Å²) < 4.78 is 5.50. The highest BCUT2D eigenvalue weighted by Gasteiger charge is 2.28. The Morgan fingerprint density at radius 2 is 2.00 bits per heavy atom. The molecule has 1 N–H and O–H groups in total. The predicted molar refractivity (Wildman–Crippen MR) is 98.1 cm³/mol. The fourth-order valence-corrected chi connectivity index (χ4v) is 4.09. The fourth-order valence-electron chi connectivity index (χ4n) is 4.09. The van der Waals surface area contributed by atoms with Crippen molar-refractivity contribution >= 4 is 5.91 Å². The Balaban J connectivity index is 1.74. The van der Waals surface area contributed by atoms with E-state index in [0.29, 0.717) is 24.5 Å². The summed E-state index contributed by atoms with van der Waals surface area (Å²) in [4.78, 5) is 17.3. The van der Waals surface area contributed by atoms with Crippen molar-refractivity contribution in [3.8, 4) is 0 Å². The standard InChI is InChI=1S/C19H37N3O2/c1-4-17-14-21(10-11-22(17)12-13-24-5-2)15-19(23)20-18-9-7-6-8-16(18)3/h16-18H,4-15H2,1-3H3,(H,20,23)/t16-,17+,18+/m0/s1. The minimum absolute atomic E-state index is 0.214. The Morgan fingerprint density at radius 1 is 1.21 bits per heavy atom. The molecular weight excluding hydrogens is 302 g/mol. The van der Waals surface area contributed by atoms with Crippen molar-refractivity contribution in [1.29, 1.82) is 0 Å². The van der Waals surface area contributed by atoms with Crippen molar-refractivity contribution in [2.45, 2.75) is 65.0 Å². The molecule has 1 aliphatic carbocycles. The van der Waals surface area contributed by atoms with Crippen LogP contribution in [0.25, 0.3) is 0 Å². The molecule has 3 atom stereocenters. The van der Waals surface area contributed by atoms with Gasteiger partial charge in [0.15, 0.2) is 0 Å². The topological polar surface area (TPSA) is 44.8 Å². The average Bonchev–Trinajstić information content (AvgIpc) is 2.58. The van der Waals surface area contributed by atoms with E-state index in [4.69, 9.17) is 4.74 Å². The first kappa shape index (κ1) is 19.7. The molecular formula is C19H37N3O2. The van der Waals surface area contributed by atoms with E-state index in [2.05, 4.69) is 29.0 Å².